The van der Waals surface area contributed by atoms with Gasteiger partial charge in [0.2, 0.25) is 5.91 Å². The lowest BCUT2D eigenvalue weighted by atomic mass is 10.1. The van der Waals surface area contributed by atoms with Crippen molar-refractivity contribution in [1.82, 2.24) is 5.32 Å². The number of rotatable bonds is 3. The number of hydrogen-bond donors (Lipinski definition) is 2. The van der Waals surface area contributed by atoms with E-state index in [2.05, 4.69) is 17.2 Å². The van der Waals surface area contributed by atoms with Gasteiger partial charge in [-0.1, -0.05) is 17.9 Å². The van der Waals surface area contributed by atoms with Gasteiger partial charge in [0.05, 0.1) is 4.92 Å². The second kappa shape index (κ2) is 6.25. The number of nitro benzene ring substituents is 1. The molecule has 0 saturated heterocycles. The third kappa shape index (κ3) is 3.79. The summed E-state index contributed by atoms with van der Waals surface area (Å²) in [6, 6.07) is 4.61. The topological polar surface area (TPSA) is 98.3 Å². The molecule has 0 aliphatic heterocycles. The van der Waals surface area contributed by atoms with Gasteiger partial charge >= 0.3 is 5.69 Å². The Labute approximate surface area is 104 Å². The van der Waals surface area contributed by atoms with Gasteiger partial charge in [-0.25, -0.2) is 0 Å². The van der Waals surface area contributed by atoms with Gasteiger partial charge in [-0.2, -0.15) is 0 Å². The quantitative estimate of drug-likeness (QED) is 0.274. The second-order valence-corrected chi connectivity index (χ2v) is 3.54. The lowest BCUT2D eigenvalue weighted by molar-refractivity contribution is -0.384. The van der Waals surface area contributed by atoms with Crippen LogP contribution in [0.4, 0.5) is 11.4 Å². The number of para-hydroxylation sites is 1. The minimum absolute atomic E-state index is 0.0914. The highest BCUT2D eigenvalue weighted by Gasteiger charge is 2.15. The number of hydrogen-bond acceptors (Lipinski definition) is 4. The van der Waals surface area contributed by atoms with E-state index in [1.807, 2.05) is 0 Å². The third-order valence-corrected chi connectivity index (χ3v) is 2.10. The fraction of sp³-hybridized carbons (Fsp3) is 0.250. The number of carbonyl (C=O) groups is 1. The average Bonchev–Trinajstić information content (AvgIpc) is 2.27. The van der Waals surface area contributed by atoms with Crippen molar-refractivity contribution in [3.05, 3.63) is 33.9 Å². The normalized spacial score (nSPS) is 9.17. The lowest BCUT2D eigenvalue weighted by Gasteiger charge is -1.98. The molecule has 0 saturated carbocycles. The Kier molecular flexibility index (Phi) is 4.69. The number of nitrogens with one attached hydrogen (secondary N) is 1. The van der Waals surface area contributed by atoms with Gasteiger partial charge in [0.15, 0.2) is 0 Å². The van der Waals surface area contributed by atoms with Crippen molar-refractivity contribution < 1.29 is 9.72 Å². The number of amides is 1. The number of nitrogen functional groups attached to an aromatic ring is 1. The predicted molar refractivity (Wildman–Crippen MR) is 67.7 cm³/mol. The highest BCUT2D eigenvalue weighted by Crippen LogP contribution is 2.24. The molecule has 3 N–H and O–H groups in total. The Bertz CT molecular complexity index is 529. The minimum atomic E-state index is -0.548. The molecule has 94 valence electrons. The largest absolute Gasteiger partial charge is 0.393 e. The maximum absolute atomic E-state index is 10.8. The van der Waals surface area contributed by atoms with Gasteiger partial charge in [0.25, 0.3) is 0 Å². The minimum Gasteiger partial charge on any atom is -0.393 e. The number of carbonyl (C=O) groups excluding carboxylic acids is 1. The van der Waals surface area contributed by atoms with Gasteiger partial charge in [-0.15, -0.1) is 0 Å². The van der Waals surface area contributed by atoms with Crippen molar-refractivity contribution in [2.75, 3.05) is 12.3 Å². The van der Waals surface area contributed by atoms with Crippen molar-refractivity contribution in [3.63, 3.8) is 0 Å². The molecule has 1 amide bonds. The Morgan fingerprint density at radius 2 is 2.28 bits per heavy atom. The number of nitro groups is 1. The van der Waals surface area contributed by atoms with E-state index in [1.165, 1.54) is 13.0 Å². The zero-order valence-corrected chi connectivity index (χ0v) is 9.90. The number of anilines is 1. The van der Waals surface area contributed by atoms with E-state index in [4.69, 9.17) is 5.73 Å². The van der Waals surface area contributed by atoms with Crippen LogP contribution in [0.2, 0.25) is 0 Å². The summed E-state index contributed by atoms with van der Waals surface area (Å²) in [5.74, 6) is 5.31. The first-order valence-electron chi connectivity index (χ1n) is 5.28. The zero-order chi connectivity index (χ0) is 13.5. The van der Waals surface area contributed by atoms with Crippen LogP contribution in [-0.4, -0.2) is 17.4 Å². The maximum atomic E-state index is 10.8. The van der Waals surface area contributed by atoms with Crippen molar-refractivity contribution in [2.45, 2.75) is 13.3 Å². The monoisotopic (exact) mass is 247 g/mol. The van der Waals surface area contributed by atoms with E-state index in [0.717, 1.165) is 0 Å². The molecular weight excluding hydrogens is 234 g/mol. The zero-order valence-electron chi connectivity index (χ0n) is 9.90. The number of nitrogens with two attached hydrogens (primary N) is 1. The van der Waals surface area contributed by atoms with E-state index < -0.39 is 4.92 Å². The molecular formula is C12H13N3O3. The summed E-state index contributed by atoms with van der Waals surface area (Å²) in [5, 5.41) is 13.4. The van der Waals surface area contributed by atoms with Crippen LogP contribution in [0.25, 0.3) is 0 Å². The van der Waals surface area contributed by atoms with Gasteiger partial charge in [-0.05, 0) is 12.1 Å². The standard InChI is InChI=1S/C12H13N3O3/c1-9(16)14-8-3-2-5-10-6-4-7-11(13)12(10)15(17)18/h4,6-7H,3,8,13H2,1H3,(H,14,16). The molecule has 0 bridgehead atoms. The predicted octanol–water partition coefficient (Wildman–Crippen LogP) is 1.05. The van der Waals surface area contributed by atoms with E-state index in [1.54, 1.807) is 12.1 Å². The molecule has 6 nitrogen and oxygen atoms in total. The van der Waals surface area contributed by atoms with Gasteiger partial charge in [0.1, 0.15) is 11.3 Å². The summed E-state index contributed by atoms with van der Waals surface area (Å²) < 4.78 is 0. The molecule has 0 aromatic heterocycles. The molecule has 0 heterocycles. The first kappa shape index (κ1) is 13.5. The molecule has 0 aliphatic rings. The third-order valence-electron chi connectivity index (χ3n) is 2.10. The Morgan fingerprint density at radius 3 is 2.89 bits per heavy atom. The lowest BCUT2D eigenvalue weighted by Crippen LogP contribution is -2.20. The summed E-state index contributed by atoms with van der Waals surface area (Å²) >= 11 is 0. The molecule has 0 atom stereocenters. The van der Waals surface area contributed by atoms with Gasteiger partial charge in [-0.3, -0.25) is 14.9 Å². The number of benzene rings is 1. The molecule has 6 heteroatoms. The maximum Gasteiger partial charge on any atom is 0.307 e. The Hall–Kier alpha value is -2.55. The number of nitrogens with zero attached hydrogens (tertiary/aromatic N) is 1. The highest BCUT2D eigenvalue weighted by atomic mass is 16.6. The van der Waals surface area contributed by atoms with Crippen LogP contribution < -0.4 is 11.1 Å². The summed E-state index contributed by atoms with van der Waals surface area (Å²) in [5.41, 5.74) is 5.72. The summed E-state index contributed by atoms with van der Waals surface area (Å²) in [4.78, 5) is 20.9. The first-order valence-corrected chi connectivity index (χ1v) is 5.28. The van der Waals surface area contributed by atoms with E-state index in [9.17, 15) is 14.9 Å². The Balaban J connectivity index is 2.79. The van der Waals surface area contributed by atoms with Crippen LogP contribution in [0, 0.1) is 22.0 Å². The van der Waals surface area contributed by atoms with Crippen LogP contribution in [0.3, 0.4) is 0 Å². The fourth-order valence-corrected chi connectivity index (χ4v) is 1.32. The smallest absolute Gasteiger partial charge is 0.307 e. The van der Waals surface area contributed by atoms with Crippen LogP contribution in [0.5, 0.6) is 0 Å². The van der Waals surface area contributed by atoms with Gasteiger partial charge in [0, 0.05) is 19.9 Å². The summed E-state index contributed by atoms with van der Waals surface area (Å²) in [6.45, 7) is 1.83. The molecule has 1 aromatic rings. The molecule has 1 rings (SSSR count). The average molecular weight is 247 g/mol. The summed E-state index contributed by atoms with van der Waals surface area (Å²) in [7, 11) is 0. The first-order chi connectivity index (χ1) is 8.52. The van der Waals surface area contributed by atoms with E-state index in [0.29, 0.717) is 13.0 Å². The van der Waals surface area contributed by atoms with E-state index >= 15 is 0 Å². The fourth-order valence-electron chi connectivity index (χ4n) is 1.32. The molecule has 0 spiro atoms. The molecule has 1 aromatic carbocycles. The van der Waals surface area contributed by atoms with Crippen molar-refractivity contribution in [1.29, 1.82) is 0 Å². The van der Waals surface area contributed by atoms with Gasteiger partial charge < -0.3 is 11.1 Å². The molecule has 0 radical (unpaired) electrons. The van der Waals surface area contributed by atoms with Crippen LogP contribution in [-0.2, 0) is 4.79 Å². The molecule has 18 heavy (non-hydrogen) atoms. The summed E-state index contributed by atoms with van der Waals surface area (Å²) in [6.07, 6.45) is 0.422. The molecule has 0 fully saturated rings. The van der Waals surface area contributed by atoms with E-state index in [-0.39, 0.29) is 22.8 Å². The van der Waals surface area contributed by atoms with Crippen LogP contribution in [0.15, 0.2) is 18.2 Å². The van der Waals surface area contributed by atoms with Crippen molar-refractivity contribution in [2.24, 2.45) is 0 Å². The van der Waals surface area contributed by atoms with Crippen molar-refractivity contribution in [3.8, 4) is 11.8 Å². The highest BCUT2D eigenvalue weighted by molar-refractivity contribution is 5.72. The van der Waals surface area contributed by atoms with Crippen molar-refractivity contribution >= 4 is 17.3 Å². The van der Waals surface area contributed by atoms with Crippen LogP contribution in [0.1, 0.15) is 18.9 Å². The SMILES string of the molecule is CC(=O)NCCC#Cc1cccc(N)c1[N+](=O)[O-]. The molecule has 0 unspecified atom stereocenters. The second-order valence-electron chi connectivity index (χ2n) is 3.54. The molecule has 0 aliphatic carbocycles. The van der Waals surface area contributed by atoms with Crippen LogP contribution >= 0.6 is 0 Å². The Morgan fingerprint density at radius 1 is 1.56 bits per heavy atom.